The molecule has 3 heteroatoms. The third-order valence-corrected chi connectivity index (χ3v) is 4.81. The minimum atomic E-state index is -0.369. The minimum Gasteiger partial charge on any atom is -0.476 e. The average molecular weight is 287 g/mol. The van der Waals surface area contributed by atoms with Gasteiger partial charge in [-0.15, -0.1) is 0 Å². The van der Waals surface area contributed by atoms with E-state index in [1.165, 1.54) is 5.56 Å². The molecule has 1 fully saturated rings. The molecule has 0 saturated carbocycles. The zero-order chi connectivity index (χ0) is 15.1. The summed E-state index contributed by atoms with van der Waals surface area (Å²) in [4.78, 5) is 4.81. The molecule has 0 spiro atoms. The van der Waals surface area contributed by atoms with E-state index in [-0.39, 0.29) is 16.7 Å². The highest BCUT2D eigenvalue weighted by atomic mass is 16.7. The van der Waals surface area contributed by atoms with Crippen molar-refractivity contribution in [1.29, 1.82) is 0 Å². The summed E-state index contributed by atoms with van der Waals surface area (Å²) in [6.07, 6.45) is 2.81. The SMILES string of the molecule is CCC1(CC)OC1(Cc1ccccc1)C1=NC(C)(C)CO1. The lowest BCUT2D eigenvalue weighted by atomic mass is 9.83. The third kappa shape index (κ3) is 2.28. The Bertz CT molecular complexity index is 546. The van der Waals surface area contributed by atoms with E-state index in [1.807, 2.05) is 6.07 Å². The fraction of sp³-hybridized carbons (Fsp3) is 0.611. The molecule has 2 aliphatic rings. The quantitative estimate of drug-likeness (QED) is 0.773. The number of hydrogen-bond donors (Lipinski definition) is 0. The zero-order valence-electron chi connectivity index (χ0n) is 13.5. The molecule has 1 saturated heterocycles. The molecule has 2 aliphatic heterocycles. The first-order valence-electron chi connectivity index (χ1n) is 7.94. The molecule has 0 amide bonds. The number of hydrogen-bond acceptors (Lipinski definition) is 3. The van der Waals surface area contributed by atoms with Gasteiger partial charge in [0, 0.05) is 6.42 Å². The summed E-state index contributed by atoms with van der Waals surface area (Å²) in [6, 6.07) is 10.5. The van der Waals surface area contributed by atoms with Crippen LogP contribution in [0.1, 0.15) is 46.1 Å². The molecule has 0 aromatic heterocycles. The van der Waals surface area contributed by atoms with Crippen molar-refractivity contribution in [2.24, 2.45) is 4.99 Å². The van der Waals surface area contributed by atoms with Crippen molar-refractivity contribution in [3.8, 4) is 0 Å². The van der Waals surface area contributed by atoms with Gasteiger partial charge in [-0.3, -0.25) is 0 Å². The van der Waals surface area contributed by atoms with Gasteiger partial charge in [-0.05, 0) is 32.3 Å². The second-order valence-corrected chi connectivity index (χ2v) is 6.81. The predicted molar refractivity (Wildman–Crippen MR) is 84.7 cm³/mol. The molecule has 1 atom stereocenters. The van der Waals surface area contributed by atoms with Gasteiger partial charge in [-0.1, -0.05) is 44.2 Å². The molecule has 0 N–H and O–H groups in total. The van der Waals surface area contributed by atoms with Crippen molar-refractivity contribution in [2.45, 2.75) is 63.7 Å². The Morgan fingerprint density at radius 3 is 2.24 bits per heavy atom. The monoisotopic (exact) mass is 287 g/mol. The first-order valence-corrected chi connectivity index (χ1v) is 7.94. The molecule has 0 bridgehead atoms. The van der Waals surface area contributed by atoms with Gasteiger partial charge in [-0.2, -0.15) is 0 Å². The summed E-state index contributed by atoms with van der Waals surface area (Å²) in [5.41, 5.74) is 0.642. The molecule has 0 radical (unpaired) electrons. The maximum absolute atomic E-state index is 6.32. The van der Waals surface area contributed by atoms with E-state index >= 15 is 0 Å². The van der Waals surface area contributed by atoms with E-state index < -0.39 is 0 Å². The van der Waals surface area contributed by atoms with Gasteiger partial charge < -0.3 is 9.47 Å². The lowest BCUT2D eigenvalue weighted by Crippen LogP contribution is -2.36. The normalized spacial score (nSPS) is 28.9. The molecule has 21 heavy (non-hydrogen) atoms. The fourth-order valence-electron chi connectivity index (χ4n) is 3.46. The van der Waals surface area contributed by atoms with E-state index in [9.17, 15) is 0 Å². The number of ether oxygens (including phenoxy) is 2. The van der Waals surface area contributed by atoms with Crippen molar-refractivity contribution < 1.29 is 9.47 Å². The van der Waals surface area contributed by atoms with E-state index in [2.05, 4.69) is 52.0 Å². The van der Waals surface area contributed by atoms with Crippen LogP contribution in [0.15, 0.2) is 35.3 Å². The molecule has 1 unspecified atom stereocenters. The number of epoxide rings is 1. The second-order valence-electron chi connectivity index (χ2n) is 6.81. The summed E-state index contributed by atoms with van der Waals surface area (Å²) in [7, 11) is 0. The van der Waals surface area contributed by atoms with Crippen LogP contribution >= 0.6 is 0 Å². The van der Waals surface area contributed by atoms with Crippen LogP contribution in [-0.2, 0) is 15.9 Å². The number of rotatable bonds is 5. The highest BCUT2D eigenvalue weighted by Gasteiger charge is 2.72. The van der Waals surface area contributed by atoms with Crippen LogP contribution in [0, 0.1) is 0 Å². The van der Waals surface area contributed by atoms with Crippen molar-refractivity contribution in [3.63, 3.8) is 0 Å². The molecular weight excluding hydrogens is 262 g/mol. The smallest absolute Gasteiger partial charge is 0.220 e. The summed E-state index contributed by atoms with van der Waals surface area (Å²) in [6.45, 7) is 9.25. The van der Waals surface area contributed by atoms with Crippen LogP contribution in [-0.4, -0.2) is 29.2 Å². The average Bonchev–Trinajstić information content (AvgIpc) is 2.98. The fourth-order valence-corrected chi connectivity index (χ4v) is 3.46. The Balaban J connectivity index is 1.95. The predicted octanol–water partition coefficient (Wildman–Crippen LogP) is 3.76. The standard InChI is InChI=1S/C18H25NO2/c1-5-17(6-2)18(21-17,12-14-10-8-7-9-11-14)15-19-16(3,4)13-20-15/h7-11H,5-6,12-13H2,1-4H3. The van der Waals surface area contributed by atoms with Crippen molar-refractivity contribution in [1.82, 2.24) is 0 Å². The lowest BCUT2D eigenvalue weighted by molar-refractivity contribution is 0.237. The Kier molecular flexibility index (Phi) is 3.36. The lowest BCUT2D eigenvalue weighted by Gasteiger charge is -2.18. The van der Waals surface area contributed by atoms with Gasteiger partial charge in [-0.25, -0.2) is 4.99 Å². The maximum Gasteiger partial charge on any atom is 0.220 e. The van der Waals surface area contributed by atoms with Crippen LogP contribution in [0.4, 0.5) is 0 Å². The largest absolute Gasteiger partial charge is 0.476 e. The van der Waals surface area contributed by atoms with E-state index in [1.54, 1.807) is 0 Å². The van der Waals surface area contributed by atoms with Gasteiger partial charge >= 0.3 is 0 Å². The summed E-state index contributed by atoms with van der Waals surface area (Å²) in [5.74, 6) is 0.806. The maximum atomic E-state index is 6.32. The molecule has 0 aliphatic carbocycles. The van der Waals surface area contributed by atoms with Gasteiger partial charge in [0.05, 0.1) is 5.54 Å². The van der Waals surface area contributed by atoms with Crippen molar-refractivity contribution >= 4 is 5.90 Å². The summed E-state index contributed by atoms with van der Waals surface area (Å²) >= 11 is 0. The highest BCUT2D eigenvalue weighted by Crippen LogP contribution is 2.56. The Morgan fingerprint density at radius 1 is 1.10 bits per heavy atom. The van der Waals surface area contributed by atoms with Crippen molar-refractivity contribution in [2.75, 3.05) is 6.61 Å². The first kappa shape index (κ1) is 14.6. The number of benzene rings is 1. The van der Waals surface area contributed by atoms with Crippen LogP contribution in [0.25, 0.3) is 0 Å². The molecule has 1 aromatic carbocycles. The molecule has 114 valence electrons. The van der Waals surface area contributed by atoms with Gasteiger partial charge in [0.25, 0.3) is 0 Å². The molecular formula is C18H25NO2. The molecule has 1 aromatic rings. The highest BCUT2D eigenvalue weighted by molar-refractivity contribution is 5.92. The Labute approximate surface area is 127 Å². The van der Waals surface area contributed by atoms with Crippen molar-refractivity contribution in [3.05, 3.63) is 35.9 Å². The van der Waals surface area contributed by atoms with E-state index in [4.69, 9.17) is 14.5 Å². The Morgan fingerprint density at radius 2 is 1.76 bits per heavy atom. The number of nitrogens with zero attached hydrogens (tertiary/aromatic N) is 1. The van der Waals surface area contributed by atoms with Crippen LogP contribution in [0.2, 0.25) is 0 Å². The van der Waals surface area contributed by atoms with Crippen LogP contribution in [0.3, 0.4) is 0 Å². The number of aliphatic imine (C=N–C) groups is 1. The summed E-state index contributed by atoms with van der Waals surface area (Å²) in [5, 5.41) is 0. The molecule has 3 nitrogen and oxygen atoms in total. The third-order valence-electron chi connectivity index (χ3n) is 4.81. The van der Waals surface area contributed by atoms with E-state index in [0.29, 0.717) is 6.61 Å². The van der Waals surface area contributed by atoms with Gasteiger partial charge in [0.15, 0.2) is 5.60 Å². The minimum absolute atomic E-state index is 0.123. The summed E-state index contributed by atoms with van der Waals surface area (Å²) < 4.78 is 12.3. The molecule has 2 heterocycles. The second kappa shape index (κ2) is 4.84. The topological polar surface area (TPSA) is 34.1 Å². The van der Waals surface area contributed by atoms with E-state index in [0.717, 1.165) is 25.2 Å². The Hall–Kier alpha value is -1.35. The molecule has 3 rings (SSSR count). The van der Waals surface area contributed by atoms with Crippen LogP contribution < -0.4 is 0 Å². The van der Waals surface area contributed by atoms with Gasteiger partial charge in [0.1, 0.15) is 12.2 Å². The van der Waals surface area contributed by atoms with Crippen LogP contribution in [0.5, 0.6) is 0 Å². The zero-order valence-corrected chi connectivity index (χ0v) is 13.5. The van der Waals surface area contributed by atoms with Gasteiger partial charge in [0.2, 0.25) is 5.90 Å². The first-order chi connectivity index (χ1) is 9.97.